The number of hydrogen-bond donors (Lipinski definition) is 1. The molecule has 0 amide bonds. The van der Waals surface area contributed by atoms with Crippen LogP contribution in [0.15, 0.2) is 41.3 Å². The molecule has 2 heterocycles. The molecule has 2 fully saturated rings. The van der Waals surface area contributed by atoms with Gasteiger partial charge in [0.05, 0.1) is 23.8 Å². The molecule has 0 aromatic heterocycles. The Labute approximate surface area is 196 Å². The molecule has 2 aromatic carbocycles. The van der Waals surface area contributed by atoms with Crippen molar-refractivity contribution in [1.29, 1.82) is 0 Å². The minimum Gasteiger partial charge on any atom is -0.493 e. The first kappa shape index (κ1) is 22.7. The summed E-state index contributed by atoms with van der Waals surface area (Å²) in [7, 11) is -3.78. The van der Waals surface area contributed by atoms with Gasteiger partial charge in [-0.1, -0.05) is 12.1 Å². The maximum absolute atomic E-state index is 13.8. The van der Waals surface area contributed by atoms with E-state index in [1.54, 1.807) is 22.5 Å². The molecule has 33 heavy (non-hydrogen) atoms. The van der Waals surface area contributed by atoms with Gasteiger partial charge < -0.3 is 14.6 Å². The monoisotopic (exact) mass is 471 g/mol. The fraction of sp³-hybridized carbons (Fsp3) is 0.538. The molecule has 1 unspecified atom stereocenters. The van der Waals surface area contributed by atoms with E-state index in [9.17, 15) is 13.5 Å². The lowest BCUT2D eigenvalue weighted by Crippen LogP contribution is -2.42. The van der Waals surface area contributed by atoms with Crippen molar-refractivity contribution in [3.63, 3.8) is 0 Å². The van der Waals surface area contributed by atoms with Crippen molar-refractivity contribution in [2.45, 2.75) is 68.9 Å². The van der Waals surface area contributed by atoms with Crippen LogP contribution in [0.2, 0.25) is 0 Å². The van der Waals surface area contributed by atoms with Crippen LogP contribution in [-0.2, 0) is 27.8 Å². The highest BCUT2D eigenvalue weighted by Gasteiger charge is 2.35. The number of aliphatic hydroxyl groups is 1. The van der Waals surface area contributed by atoms with Crippen LogP contribution >= 0.6 is 0 Å². The molecule has 7 heteroatoms. The number of ether oxygens (including phenoxy) is 2. The molecular weight excluding hydrogens is 438 g/mol. The van der Waals surface area contributed by atoms with E-state index in [2.05, 4.69) is 12.1 Å². The molecule has 178 valence electrons. The van der Waals surface area contributed by atoms with Crippen LogP contribution in [0.4, 0.5) is 5.69 Å². The van der Waals surface area contributed by atoms with Gasteiger partial charge in [-0.05, 0) is 92.7 Å². The molecule has 1 saturated heterocycles. The Kier molecular flexibility index (Phi) is 6.38. The van der Waals surface area contributed by atoms with Crippen LogP contribution in [0.3, 0.4) is 0 Å². The molecule has 1 N–H and O–H groups in total. The molecule has 0 bridgehead atoms. The maximum Gasteiger partial charge on any atom is 0.264 e. The first-order chi connectivity index (χ1) is 16.0. The molecule has 2 aromatic rings. The molecule has 1 atom stereocenters. The number of hydrogen-bond acceptors (Lipinski definition) is 5. The third-order valence-electron chi connectivity index (χ3n) is 7.20. The molecule has 6 nitrogen and oxygen atoms in total. The first-order valence-corrected chi connectivity index (χ1v) is 13.5. The van der Waals surface area contributed by atoms with Gasteiger partial charge in [0, 0.05) is 24.8 Å². The molecule has 2 aliphatic heterocycles. The van der Waals surface area contributed by atoms with Crippen LogP contribution in [0.1, 0.15) is 61.6 Å². The second-order valence-corrected chi connectivity index (χ2v) is 11.5. The van der Waals surface area contributed by atoms with E-state index in [0.29, 0.717) is 29.8 Å². The zero-order valence-electron chi connectivity index (χ0n) is 19.2. The lowest BCUT2D eigenvalue weighted by Gasteiger charge is -2.36. The molecular formula is C26H33NO5S. The predicted octanol–water partition coefficient (Wildman–Crippen LogP) is 4.39. The van der Waals surface area contributed by atoms with E-state index in [-0.39, 0.29) is 17.5 Å². The number of fused-ring (bicyclic) bond motifs is 1. The van der Waals surface area contributed by atoms with Crippen molar-refractivity contribution in [2.24, 2.45) is 5.92 Å². The van der Waals surface area contributed by atoms with Gasteiger partial charge in [0.2, 0.25) is 0 Å². The normalized spacial score (nSPS) is 21.6. The maximum atomic E-state index is 13.8. The van der Waals surface area contributed by atoms with E-state index < -0.39 is 10.0 Å². The van der Waals surface area contributed by atoms with E-state index in [4.69, 9.17) is 9.47 Å². The van der Waals surface area contributed by atoms with Crippen LogP contribution in [0.5, 0.6) is 5.75 Å². The summed E-state index contributed by atoms with van der Waals surface area (Å²) in [5.41, 5.74) is 3.72. The lowest BCUT2D eigenvalue weighted by atomic mass is 9.96. The highest BCUT2D eigenvalue weighted by atomic mass is 32.2. The second-order valence-electron chi connectivity index (χ2n) is 9.65. The number of anilines is 1. The highest BCUT2D eigenvalue weighted by Crippen LogP contribution is 2.43. The summed E-state index contributed by atoms with van der Waals surface area (Å²) in [6.45, 7) is 3.73. The van der Waals surface area contributed by atoms with Gasteiger partial charge in [0.15, 0.2) is 0 Å². The molecule has 0 spiro atoms. The number of sulfonamides is 1. The summed E-state index contributed by atoms with van der Waals surface area (Å²) < 4.78 is 40.5. The summed E-state index contributed by atoms with van der Waals surface area (Å²) in [5.74, 6) is 1.60. The minimum absolute atomic E-state index is 0.128. The smallest absolute Gasteiger partial charge is 0.264 e. The summed E-state index contributed by atoms with van der Waals surface area (Å²) in [6.07, 6.45) is 6.04. The van der Waals surface area contributed by atoms with E-state index in [1.165, 1.54) is 18.4 Å². The van der Waals surface area contributed by atoms with Crippen molar-refractivity contribution in [3.8, 4) is 5.75 Å². The Morgan fingerprint density at radius 1 is 1.06 bits per heavy atom. The number of aliphatic hydroxyl groups excluding tert-OH is 1. The summed E-state index contributed by atoms with van der Waals surface area (Å²) in [4.78, 5) is 0.191. The van der Waals surface area contributed by atoms with Crippen molar-refractivity contribution in [1.82, 2.24) is 0 Å². The largest absolute Gasteiger partial charge is 0.493 e. The van der Waals surface area contributed by atoms with Crippen molar-refractivity contribution in [3.05, 3.63) is 53.1 Å². The Morgan fingerprint density at radius 3 is 2.58 bits per heavy atom. The number of aryl methyl sites for hydroxylation is 1. The van der Waals surface area contributed by atoms with Gasteiger partial charge in [-0.2, -0.15) is 0 Å². The third-order valence-corrected chi connectivity index (χ3v) is 9.12. The van der Waals surface area contributed by atoms with E-state index in [1.807, 2.05) is 13.0 Å². The minimum atomic E-state index is -3.78. The Balaban J connectivity index is 1.41. The third kappa shape index (κ3) is 4.63. The molecule has 3 aliphatic rings. The van der Waals surface area contributed by atoms with Crippen LogP contribution in [0.25, 0.3) is 0 Å². The highest BCUT2D eigenvalue weighted by molar-refractivity contribution is 7.92. The number of rotatable bonds is 7. The van der Waals surface area contributed by atoms with Gasteiger partial charge in [-0.15, -0.1) is 0 Å². The van der Waals surface area contributed by atoms with Gasteiger partial charge in [0.25, 0.3) is 10.0 Å². The summed E-state index contributed by atoms with van der Waals surface area (Å²) >= 11 is 0. The predicted molar refractivity (Wildman–Crippen MR) is 127 cm³/mol. The van der Waals surface area contributed by atoms with Gasteiger partial charge in [-0.25, -0.2) is 8.42 Å². The second kappa shape index (κ2) is 9.28. The van der Waals surface area contributed by atoms with Crippen molar-refractivity contribution in [2.75, 3.05) is 24.1 Å². The fourth-order valence-corrected chi connectivity index (χ4v) is 6.77. The zero-order chi connectivity index (χ0) is 23.0. The lowest BCUT2D eigenvalue weighted by molar-refractivity contribution is 0.0494. The van der Waals surface area contributed by atoms with Crippen molar-refractivity contribution >= 4 is 15.7 Å². The Morgan fingerprint density at radius 2 is 1.85 bits per heavy atom. The summed E-state index contributed by atoms with van der Waals surface area (Å²) in [5, 5.41) is 9.95. The SMILES string of the molecule is CC1CCc2cc(C3CC3)ccc2N1S(=O)(=O)c1ccc(OCC2CCOCC2)c(CO)c1. The van der Waals surface area contributed by atoms with Crippen LogP contribution in [0, 0.1) is 5.92 Å². The average Bonchev–Trinajstić information content (AvgIpc) is 3.68. The quantitative estimate of drug-likeness (QED) is 0.648. The van der Waals surface area contributed by atoms with Gasteiger partial charge >= 0.3 is 0 Å². The Hall–Kier alpha value is -2.09. The van der Waals surface area contributed by atoms with Gasteiger partial charge in [-0.3, -0.25) is 4.31 Å². The molecule has 1 saturated carbocycles. The van der Waals surface area contributed by atoms with E-state index >= 15 is 0 Å². The number of nitrogens with zero attached hydrogens (tertiary/aromatic N) is 1. The fourth-order valence-electron chi connectivity index (χ4n) is 4.99. The Bertz CT molecular complexity index is 1110. The molecule has 1 aliphatic carbocycles. The first-order valence-electron chi connectivity index (χ1n) is 12.1. The average molecular weight is 472 g/mol. The standard InChI is InChI=1S/C26H33NO5S/c1-18-2-3-22-14-21(20-4-5-20)6-8-25(22)27(18)33(29,30)24-7-9-26(23(15-24)16-28)32-17-19-10-12-31-13-11-19/h6-9,14-15,18-20,28H,2-5,10-13,16-17H2,1H3. The van der Waals surface area contributed by atoms with Gasteiger partial charge in [0.1, 0.15) is 5.75 Å². The van der Waals surface area contributed by atoms with Crippen LogP contribution < -0.4 is 9.04 Å². The number of benzene rings is 2. The van der Waals surface area contributed by atoms with E-state index in [0.717, 1.165) is 50.1 Å². The molecule has 0 radical (unpaired) electrons. The van der Waals surface area contributed by atoms with Crippen molar-refractivity contribution < 1.29 is 23.0 Å². The summed E-state index contributed by atoms with van der Waals surface area (Å²) in [6, 6.07) is 11.0. The topological polar surface area (TPSA) is 76.1 Å². The van der Waals surface area contributed by atoms with Crippen LogP contribution in [-0.4, -0.2) is 39.4 Å². The molecule has 5 rings (SSSR count). The zero-order valence-corrected chi connectivity index (χ0v) is 20.0.